The second-order valence-electron chi connectivity index (χ2n) is 4.57. The van der Waals surface area contributed by atoms with Gasteiger partial charge in [-0.2, -0.15) is 0 Å². The van der Waals surface area contributed by atoms with Crippen LogP contribution in [0.1, 0.15) is 0 Å². The lowest BCUT2D eigenvalue weighted by atomic mass is 10.0. The predicted molar refractivity (Wildman–Crippen MR) is 68.7 cm³/mol. The Hall–Kier alpha value is -2.42. The van der Waals surface area contributed by atoms with E-state index in [-0.39, 0.29) is 5.91 Å². The van der Waals surface area contributed by atoms with Gasteiger partial charge in [0.1, 0.15) is 5.82 Å². The van der Waals surface area contributed by atoms with Crippen LogP contribution in [0.5, 0.6) is 0 Å². The van der Waals surface area contributed by atoms with E-state index in [9.17, 15) is 4.79 Å². The molecular weight excluding hydrogens is 224 g/mol. The van der Waals surface area contributed by atoms with E-state index >= 15 is 0 Å². The van der Waals surface area contributed by atoms with Crippen molar-refractivity contribution in [2.24, 2.45) is 5.92 Å². The van der Waals surface area contributed by atoms with E-state index in [1.165, 1.54) is 11.1 Å². The average Bonchev–Trinajstić information content (AvgIpc) is 2.86. The summed E-state index contributed by atoms with van der Waals surface area (Å²) < 4.78 is 0. The summed E-state index contributed by atoms with van der Waals surface area (Å²) in [5.74, 6) is 0.976. The van der Waals surface area contributed by atoms with Crippen molar-refractivity contribution in [3.05, 3.63) is 71.0 Å². The number of allylic oxidation sites excluding steroid dienone is 6. The minimum Gasteiger partial charge on any atom is -0.307 e. The number of carbonyl (C=O) groups excluding carboxylic acids is 1. The average molecular weight is 234 g/mol. The number of rotatable bonds is 2. The Morgan fingerprint density at radius 1 is 1.28 bits per heavy atom. The number of nitrogens with one attached hydrogen (secondary N) is 1. The highest BCUT2D eigenvalue weighted by atomic mass is 16.1. The number of aromatic nitrogens is 1. The molecule has 3 aliphatic rings. The van der Waals surface area contributed by atoms with Gasteiger partial charge >= 0.3 is 0 Å². The van der Waals surface area contributed by atoms with Crippen LogP contribution in [0.15, 0.2) is 71.0 Å². The zero-order valence-corrected chi connectivity index (χ0v) is 9.55. The van der Waals surface area contributed by atoms with Gasteiger partial charge in [0.15, 0.2) is 0 Å². The maximum Gasteiger partial charge on any atom is 0.257 e. The molecule has 1 amide bonds. The lowest BCUT2D eigenvalue weighted by molar-refractivity contribution is -0.112. The third kappa shape index (κ3) is 1.31. The Labute approximate surface area is 104 Å². The van der Waals surface area contributed by atoms with Crippen LogP contribution in [0, 0.1) is 5.92 Å². The topological polar surface area (TPSA) is 42.0 Å². The van der Waals surface area contributed by atoms with Gasteiger partial charge in [0, 0.05) is 17.7 Å². The number of amides is 1. The van der Waals surface area contributed by atoms with E-state index in [1.807, 2.05) is 24.3 Å². The van der Waals surface area contributed by atoms with Crippen LogP contribution in [0.25, 0.3) is 0 Å². The van der Waals surface area contributed by atoms with Crippen LogP contribution in [0.2, 0.25) is 0 Å². The maximum atomic E-state index is 12.2. The highest BCUT2D eigenvalue weighted by molar-refractivity contribution is 6.09. The molecule has 0 radical (unpaired) electrons. The van der Waals surface area contributed by atoms with Crippen molar-refractivity contribution >= 4 is 11.7 Å². The molecule has 0 saturated carbocycles. The lowest BCUT2D eigenvalue weighted by Gasteiger charge is -2.07. The third-order valence-electron chi connectivity index (χ3n) is 3.44. The number of hydrogen-bond donors (Lipinski definition) is 1. The van der Waals surface area contributed by atoms with Crippen LogP contribution in [0.4, 0.5) is 5.82 Å². The molecule has 1 aromatic rings. The quantitative estimate of drug-likeness (QED) is 0.853. The second kappa shape index (κ2) is 3.29. The fraction of sp³-hybridized carbons (Fsp3) is 0.0667. The maximum absolute atomic E-state index is 12.2. The molecule has 1 N–H and O–H groups in total. The molecule has 1 atom stereocenters. The summed E-state index contributed by atoms with van der Waals surface area (Å²) in [6, 6.07) is 5.46. The molecule has 0 aromatic carbocycles. The van der Waals surface area contributed by atoms with Crippen molar-refractivity contribution in [1.29, 1.82) is 0 Å². The molecule has 0 saturated heterocycles. The number of nitrogens with zero attached hydrogens (tertiary/aromatic N) is 1. The number of anilines is 1. The van der Waals surface area contributed by atoms with Crippen molar-refractivity contribution in [2.45, 2.75) is 0 Å². The van der Waals surface area contributed by atoms with E-state index in [4.69, 9.17) is 0 Å². The summed E-state index contributed by atoms with van der Waals surface area (Å²) in [6.45, 7) is 0. The Morgan fingerprint density at radius 2 is 2.22 bits per heavy atom. The van der Waals surface area contributed by atoms with Crippen LogP contribution in [-0.4, -0.2) is 10.9 Å². The summed E-state index contributed by atoms with van der Waals surface area (Å²) in [7, 11) is 0. The molecule has 0 bridgehead atoms. The van der Waals surface area contributed by atoms with Gasteiger partial charge in [-0.3, -0.25) is 4.79 Å². The SMILES string of the molecule is O=C(Nc1ccccn1)C1=CC=C2C1=CC1=CC12. The lowest BCUT2D eigenvalue weighted by Crippen LogP contribution is -2.15. The number of hydrogen-bond acceptors (Lipinski definition) is 2. The summed E-state index contributed by atoms with van der Waals surface area (Å²) in [6.07, 6.45) is 9.91. The Bertz CT molecular complexity index is 678. The zero-order valence-electron chi connectivity index (χ0n) is 9.55. The highest BCUT2D eigenvalue weighted by Crippen LogP contribution is 2.51. The molecule has 3 heteroatoms. The van der Waals surface area contributed by atoms with Crippen molar-refractivity contribution in [3.63, 3.8) is 0 Å². The molecule has 3 nitrogen and oxygen atoms in total. The fourth-order valence-corrected chi connectivity index (χ4v) is 2.48. The molecule has 3 aliphatic carbocycles. The molecular formula is C15H10N2O. The van der Waals surface area contributed by atoms with E-state index in [2.05, 4.69) is 22.5 Å². The summed E-state index contributed by atoms with van der Waals surface area (Å²) in [4.78, 5) is 16.3. The fourth-order valence-electron chi connectivity index (χ4n) is 2.48. The zero-order chi connectivity index (χ0) is 12.1. The van der Waals surface area contributed by atoms with Gasteiger partial charge in [-0.1, -0.05) is 18.2 Å². The molecule has 1 aromatic heterocycles. The number of carbonyl (C=O) groups is 1. The van der Waals surface area contributed by atoms with Gasteiger partial charge in [0.2, 0.25) is 0 Å². The van der Waals surface area contributed by atoms with E-state index in [0.29, 0.717) is 11.7 Å². The second-order valence-corrected chi connectivity index (χ2v) is 4.57. The first-order valence-corrected chi connectivity index (χ1v) is 5.91. The van der Waals surface area contributed by atoms with Gasteiger partial charge in [-0.15, -0.1) is 0 Å². The molecule has 4 rings (SSSR count). The van der Waals surface area contributed by atoms with Gasteiger partial charge in [0.25, 0.3) is 5.91 Å². The van der Waals surface area contributed by atoms with Crippen LogP contribution >= 0.6 is 0 Å². The molecule has 86 valence electrons. The summed E-state index contributed by atoms with van der Waals surface area (Å²) in [5.41, 5.74) is 4.42. The van der Waals surface area contributed by atoms with Crippen LogP contribution < -0.4 is 5.32 Å². The van der Waals surface area contributed by atoms with Gasteiger partial charge in [-0.05, 0) is 41.0 Å². The van der Waals surface area contributed by atoms with Crippen molar-refractivity contribution in [1.82, 2.24) is 4.98 Å². The smallest absolute Gasteiger partial charge is 0.257 e. The largest absolute Gasteiger partial charge is 0.307 e. The number of pyridine rings is 1. The standard InChI is InChI=1S/C15H10N2O/c18-15(17-14-3-1-2-6-16-14)11-5-4-10-12-7-9(12)8-13(10)11/h1-8,12H,(H,16,17,18). The van der Waals surface area contributed by atoms with Crippen LogP contribution in [0.3, 0.4) is 0 Å². The number of fused-ring (bicyclic) bond motifs is 3. The van der Waals surface area contributed by atoms with Crippen molar-refractivity contribution in [2.75, 3.05) is 5.32 Å². The van der Waals surface area contributed by atoms with Gasteiger partial charge in [0.05, 0.1) is 0 Å². The summed E-state index contributed by atoms with van der Waals surface area (Å²) >= 11 is 0. The molecule has 0 spiro atoms. The highest BCUT2D eigenvalue weighted by Gasteiger charge is 2.39. The Kier molecular flexibility index (Phi) is 1.75. The Balaban J connectivity index is 1.57. The first-order chi connectivity index (χ1) is 8.83. The molecule has 1 unspecified atom stereocenters. The van der Waals surface area contributed by atoms with E-state index in [0.717, 1.165) is 11.1 Å². The molecule has 1 heterocycles. The van der Waals surface area contributed by atoms with Crippen LogP contribution in [-0.2, 0) is 4.79 Å². The monoisotopic (exact) mass is 234 g/mol. The molecule has 0 fully saturated rings. The van der Waals surface area contributed by atoms with E-state index < -0.39 is 0 Å². The molecule has 18 heavy (non-hydrogen) atoms. The van der Waals surface area contributed by atoms with Gasteiger partial charge < -0.3 is 5.32 Å². The minimum absolute atomic E-state index is 0.0897. The normalized spacial score (nSPS) is 22.3. The van der Waals surface area contributed by atoms with Crippen molar-refractivity contribution < 1.29 is 4.79 Å². The third-order valence-corrected chi connectivity index (χ3v) is 3.44. The van der Waals surface area contributed by atoms with Crippen molar-refractivity contribution in [3.8, 4) is 0 Å². The molecule has 0 aliphatic heterocycles. The summed E-state index contributed by atoms with van der Waals surface area (Å²) in [5, 5.41) is 2.81. The first-order valence-electron chi connectivity index (χ1n) is 5.91. The minimum atomic E-state index is -0.0897. The predicted octanol–water partition coefficient (Wildman–Crippen LogP) is 2.38. The first kappa shape index (κ1) is 9.59. The van der Waals surface area contributed by atoms with E-state index in [1.54, 1.807) is 12.3 Å². The Morgan fingerprint density at radius 3 is 3.06 bits per heavy atom. The van der Waals surface area contributed by atoms with Gasteiger partial charge in [-0.25, -0.2) is 4.98 Å².